The Morgan fingerprint density at radius 1 is 1.58 bits per heavy atom. The summed E-state index contributed by atoms with van der Waals surface area (Å²) >= 11 is 3.73. The van der Waals surface area contributed by atoms with E-state index in [1.54, 1.807) is 0 Å². The van der Waals surface area contributed by atoms with Crippen molar-refractivity contribution in [1.29, 1.82) is 0 Å². The predicted molar refractivity (Wildman–Crippen MR) is 44.6 cm³/mol. The monoisotopic (exact) mass is 193 g/mol. The second kappa shape index (κ2) is 5.13. The van der Waals surface area contributed by atoms with Crippen LogP contribution in [0.1, 0.15) is 6.92 Å². The highest BCUT2D eigenvalue weighted by Crippen LogP contribution is 1.92. The normalized spacial score (nSPS) is 15.0. The Hall–Kier alpha value is -0.590. The van der Waals surface area contributed by atoms with E-state index in [2.05, 4.69) is 17.4 Å². The van der Waals surface area contributed by atoms with Gasteiger partial charge < -0.3 is 15.6 Å². The summed E-state index contributed by atoms with van der Waals surface area (Å²) in [6.45, 7) is 1.20. The summed E-state index contributed by atoms with van der Waals surface area (Å²) in [6, 6.07) is -0.934. The van der Waals surface area contributed by atoms with Gasteiger partial charge in [0.05, 0.1) is 0 Å². The molecule has 0 saturated carbocycles. The van der Waals surface area contributed by atoms with Crippen molar-refractivity contribution in [3.8, 4) is 0 Å². The average Bonchev–Trinajstić information content (AvgIpc) is 2.02. The molecule has 0 saturated heterocycles. The van der Waals surface area contributed by atoms with Crippen LogP contribution in [-0.4, -0.2) is 34.9 Å². The lowest BCUT2D eigenvalue weighted by atomic mass is 10.3. The maximum Gasteiger partial charge on any atom is 0.342 e. The number of thiol groups is 1. The fraction of sp³-hybridized carbons (Fsp3) is 0.667. The molecular weight excluding hydrogens is 182 g/mol. The van der Waals surface area contributed by atoms with Gasteiger partial charge in [0.2, 0.25) is 0 Å². The zero-order valence-electron chi connectivity index (χ0n) is 6.56. The molecule has 0 aliphatic rings. The van der Waals surface area contributed by atoms with Crippen LogP contribution < -0.4 is 5.73 Å². The van der Waals surface area contributed by atoms with E-state index in [1.165, 1.54) is 6.92 Å². The van der Waals surface area contributed by atoms with Gasteiger partial charge >= 0.3 is 11.9 Å². The second-order valence-corrected chi connectivity index (χ2v) is 2.57. The van der Waals surface area contributed by atoms with E-state index < -0.39 is 24.1 Å². The van der Waals surface area contributed by atoms with Crippen LogP contribution >= 0.6 is 12.6 Å². The van der Waals surface area contributed by atoms with Crippen molar-refractivity contribution < 1.29 is 19.4 Å². The molecule has 3 N–H and O–H groups in total. The topological polar surface area (TPSA) is 89.6 Å². The first kappa shape index (κ1) is 11.4. The van der Waals surface area contributed by atoms with E-state index in [0.717, 1.165) is 0 Å². The van der Waals surface area contributed by atoms with Gasteiger partial charge in [-0.25, -0.2) is 9.59 Å². The summed E-state index contributed by atoms with van der Waals surface area (Å²) < 4.78 is 4.16. The number of esters is 2. The SMILES string of the molecule is CC(O)C(=O)OC(=O)[C@@H](N)CS. The van der Waals surface area contributed by atoms with Crippen LogP contribution in [-0.2, 0) is 14.3 Å². The molecular formula is C6H11NO4S. The quantitative estimate of drug-likeness (QED) is 0.294. The molecule has 0 aliphatic heterocycles. The van der Waals surface area contributed by atoms with Crippen molar-refractivity contribution in [2.45, 2.75) is 19.1 Å². The summed E-state index contributed by atoms with van der Waals surface area (Å²) in [5, 5.41) is 8.64. The molecule has 0 aliphatic carbocycles. The lowest BCUT2D eigenvalue weighted by Gasteiger charge is -2.07. The van der Waals surface area contributed by atoms with Gasteiger partial charge in [-0.3, -0.25) is 0 Å². The Morgan fingerprint density at radius 2 is 2.08 bits per heavy atom. The fourth-order valence-electron chi connectivity index (χ4n) is 0.335. The van der Waals surface area contributed by atoms with Gasteiger partial charge in [-0.1, -0.05) is 0 Å². The molecule has 0 rings (SSSR count). The molecule has 5 nitrogen and oxygen atoms in total. The van der Waals surface area contributed by atoms with Crippen molar-refractivity contribution in [2.75, 3.05) is 5.75 Å². The first-order valence-corrected chi connectivity index (χ1v) is 3.92. The Labute approximate surface area is 75.3 Å². The van der Waals surface area contributed by atoms with Gasteiger partial charge in [0, 0.05) is 5.75 Å². The molecule has 0 fully saturated rings. The van der Waals surface area contributed by atoms with Crippen LogP contribution in [0.25, 0.3) is 0 Å². The van der Waals surface area contributed by atoms with Crippen molar-refractivity contribution >= 4 is 24.6 Å². The van der Waals surface area contributed by atoms with Crippen molar-refractivity contribution in [1.82, 2.24) is 0 Å². The highest BCUT2D eigenvalue weighted by molar-refractivity contribution is 7.80. The highest BCUT2D eigenvalue weighted by Gasteiger charge is 2.19. The summed E-state index contributed by atoms with van der Waals surface area (Å²) in [7, 11) is 0. The molecule has 0 aromatic rings. The standard InChI is InChI=1S/C6H11NO4S/c1-3(8)5(9)11-6(10)4(7)2-12/h3-4,8,12H,2,7H2,1H3/t3?,4-/m0/s1. The number of ether oxygens (including phenoxy) is 1. The molecule has 0 bridgehead atoms. The first-order valence-electron chi connectivity index (χ1n) is 3.29. The maximum atomic E-state index is 10.8. The van der Waals surface area contributed by atoms with Gasteiger partial charge in [-0.2, -0.15) is 12.6 Å². The predicted octanol–water partition coefficient (Wildman–Crippen LogP) is -1.31. The fourth-order valence-corrected chi connectivity index (χ4v) is 0.484. The lowest BCUT2D eigenvalue weighted by molar-refractivity contribution is -0.165. The van der Waals surface area contributed by atoms with Crippen LogP contribution in [0.2, 0.25) is 0 Å². The maximum absolute atomic E-state index is 10.8. The minimum Gasteiger partial charge on any atom is -0.390 e. The number of aliphatic hydroxyl groups excluding tert-OH is 1. The first-order chi connectivity index (χ1) is 5.49. The van der Waals surface area contributed by atoms with E-state index in [9.17, 15) is 9.59 Å². The van der Waals surface area contributed by atoms with Crippen LogP contribution in [0, 0.1) is 0 Å². The molecule has 0 heterocycles. The third-order valence-corrected chi connectivity index (χ3v) is 1.44. The Morgan fingerprint density at radius 3 is 2.42 bits per heavy atom. The summed E-state index contributed by atoms with van der Waals surface area (Å²) in [4.78, 5) is 21.4. The van der Waals surface area contributed by atoms with Crippen molar-refractivity contribution in [3.05, 3.63) is 0 Å². The Bertz CT molecular complexity index is 182. The van der Waals surface area contributed by atoms with E-state index in [0.29, 0.717) is 0 Å². The zero-order chi connectivity index (χ0) is 9.72. The molecule has 1 unspecified atom stereocenters. The number of carbonyl (C=O) groups excluding carboxylic acids is 2. The molecule has 0 aromatic heterocycles. The molecule has 0 spiro atoms. The van der Waals surface area contributed by atoms with Crippen LogP contribution in [0.5, 0.6) is 0 Å². The Kier molecular flexibility index (Phi) is 4.87. The summed E-state index contributed by atoms with van der Waals surface area (Å²) in [5.41, 5.74) is 5.18. The summed E-state index contributed by atoms with van der Waals surface area (Å²) in [5.74, 6) is -1.79. The number of aliphatic hydroxyl groups is 1. The van der Waals surface area contributed by atoms with E-state index in [4.69, 9.17) is 10.8 Å². The van der Waals surface area contributed by atoms with Gasteiger partial charge in [0.15, 0.2) is 0 Å². The summed E-state index contributed by atoms with van der Waals surface area (Å²) in [6.07, 6.45) is -1.32. The van der Waals surface area contributed by atoms with Crippen molar-refractivity contribution in [2.24, 2.45) is 5.73 Å². The molecule has 70 valence electrons. The third kappa shape index (κ3) is 3.70. The average molecular weight is 193 g/mol. The van der Waals surface area contributed by atoms with E-state index >= 15 is 0 Å². The minimum atomic E-state index is -1.32. The van der Waals surface area contributed by atoms with E-state index in [-0.39, 0.29) is 5.75 Å². The largest absolute Gasteiger partial charge is 0.390 e. The number of hydrogen-bond donors (Lipinski definition) is 3. The van der Waals surface area contributed by atoms with Gasteiger partial charge in [0.25, 0.3) is 0 Å². The third-order valence-electron chi connectivity index (χ3n) is 1.04. The Balaban J connectivity index is 3.93. The molecule has 0 radical (unpaired) electrons. The molecule has 6 heteroatoms. The number of rotatable bonds is 3. The molecule has 0 aromatic carbocycles. The molecule has 0 amide bonds. The number of nitrogens with two attached hydrogens (primary N) is 1. The highest BCUT2D eigenvalue weighted by atomic mass is 32.1. The van der Waals surface area contributed by atoms with Gasteiger partial charge in [0.1, 0.15) is 12.1 Å². The van der Waals surface area contributed by atoms with Crippen LogP contribution in [0.3, 0.4) is 0 Å². The van der Waals surface area contributed by atoms with Crippen LogP contribution in [0.15, 0.2) is 0 Å². The number of hydrogen-bond acceptors (Lipinski definition) is 6. The van der Waals surface area contributed by atoms with Gasteiger partial charge in [-0.15, -0.1) is 0 Å². The van der Waals surface area contributed by atoms with Crippen molar-refractivity contribution in [3.63, 3.8) is 0 Å². The minimum absolute atomic E-state index is 0.0892. The zero-order valence-corrected chi connectivity index (χ0v) is 7.45. The lowest BCUT2D eigenvalue weighted by Crippen LogP contribution is -2.37. The van der Waals surface area contributed by atoms with Gasteiger partial charge in [-0.05, 0) is 6.92 Å². The molecule has 12 heavy (non-hydrogen) atoms. The number of carbonyl (C=O) groups is 2. The molecule has 2 atom stereocenters. The van der Waals surface area contributed by atoms with E-state index in [1.807, 2.05) is 0 Å². The second-order valence-electron chi connectivity index (χ2n) is 2.21. The van der Waals surface area contributed by atoms with Crippen LogP contribution in [0.4, 0.5) is 0 Å². The smallest absolute Gasteiger partial charge is 0.342 e.